The van der Waals surface area contributed by atoms with E-state index in [9.17, 15) is 13.2 Å². The summed E-state index contributed by atoms with van der Waals surface area (Å²) in [6.07, 6.45) is 1.59. The molecule has 2 aromatic rings. The van der Waals surface area contributed by atoms with Crippen molar-refractivity contribution in [2.45, 2.75) is 38.6 Å². The third-order valence-corrected chi connectivity index (χ3v) is 6.45. The molecule has 1 aromatic heterocycles. The maximum absolute atomic E-state index is 12.7. The van der Waals surface area contributed by atoms with E-state index in [4.69, 9.17) is 11.6 Å². The van der Waals surface area contributed by atoms with E-state index in [1.807, 2.05) is 13.8 Å². The lowest BCUT2D eigenvalue weighted by Gasteiger charge is -2.19. The van der Waals surface area contributed by atoms with Crippen LogP contribution in [0.3, 0.4) is 0 Å². The molecule has 2 rings (SSSR count). The molecule has 0 bridgehead atoms. The predicted octanol–water partition coefficient (Wildman–Crippen LogP) is 3.40. The lowest BCUT2D eigenvalue weighted by atomic mass is 10.2. The summed E-state index contributed by atoms with van der Waals surface area (Å²) >= 11 is 6.10. The zero-order chi connectivity index (χ0) is 19.5. The van der Waals surface area contributed by atoms with Gasteiger partial charge in [0, 0.05) is 30.8 Å². The SMILES string of the molecule is CCN(CC)S(=O)(=O)c1cc(C(=O)Nc2ccnn2C(C)C)ccc1Cl. The van der Waals surface area contributed by atoms with Crippen LogP contribution in [0.4, 0.5) is 5.82 Å². The van der Waals surface area contributed by atoms with Crippen molar-refractivity contribution >= 4 is 33.3 Å². The molecular formula is C17H23ClN4O3S. The predicted molar refractivity (Wildman–Crippen MR) is 102 cm³/mol. The van der Waals surface area contributed by atoms with Gasteiger partial charge in [0.05, 0.1) is 11.2 Å². The number of amides is 1. The minimum absolute atomic E-state index is 0.0733. The zero-order valence-electron chi connectivity index (χ0n) is 15.2. The standard InChI is InChI=1S/C17H23ClN4O3S/c1-5-21(6-2)26(24,25)15-11-13(7-8-14(15)18)17(23)20-16-9-10-19-22(16)12(3)4/h7-12H,5-6H2,1-4H3,(H,20,23). The van der Waals surface area contributed by atoms with E-state index in [1.165, 1.54) is 22.5 Å². The number of aromatic nitrogens is 2. The van der Waals surface area contributed by atoms with Gasteiger partial charge < -0.3 is 5.32 Å². The van der Waals surface area contributed by atoms with E-state index in [0.717, 1.165) is 0 Å². The average Bonchev–Trinajstić information content (AvgIpc) is 3.04. The molecule has 9 heteroatoms. The molecule has 7 nitrogen and oxygen atoms in total. The molecule has 1 aromatic carbocycles. The molecule has 142 valence electrons. The lowest BCUT2D eigenvalue weighted by molar-refractivity contribution is 0.102. The highest BCUT2D eigenvalue weighted by Gasteiger charge is 2.25. The first-order valence-corrected chi connectivity index (χ1v) is 10.2. The number of sulfonamides is 1. The Kier molecular flexibility index (Phi) is 6.44. The summed E-state index contributed by atoms with van der Waals surface area (Å²) in [4.78, 5) is 12.5. The molecule has 0 aliphatic carbocycles. The summed E-state index contributed by atoms with van der Waals surface area (Å²) in [6.45, 7) is 8.02. The second kappa shape index (κ2) is 8.20. The Morgan fingerprint density at radius 1 is 1.27 bits per heavy atom. The van der Waals surface area contributed by atoms with Crippen molar-refractivity contribution in [1.82, 2.24) is 14.1 Å². The van der Waals surface area contributed by atoms with Gasteiger partial charge in [0.1, 0.15) is 10.7 Å². The first-order valence-electron chi connectivity index (χ1n) is 8.36. The van der Waals surface area contributed by atoms with E-state index < -0.39 is 15.9 Å². The number of halogens is 1. The number of carbonyl (C=O) groups is 1. The lowest BCUT2D eigenvalue weighted by Crippen LogP contribution is -2.31. The van der Waals surface area contributed by atoms with Crippen LogP contribution in [0.2, 0.25) is 5.02 Å². The molecule has 0 saturated carbocycles. The number of nitrogens with zero attached hydrogens (tertiary/aromatic N) is 3. The van der Waals surface area contributed by atoms with Gasteiger partial charge in [-0.15, -0.1) is 0 Å². The number of benzene rings is 1. The highest BCUT2D eigenvalue weighted by atomic mass is 35.5. The van der Waals surface area contributed by atoms with Crippen molar-refractivity contribution in [3.63, 3.8) is 0 Å². The molecule has 0 fully saturated rings. The Morgan fingerprint density at radius 3 is 2.50 bits per heavy atom. The van der Waals surface area contributed by atoms with Gasteiger partial charge in [-0.2, -0.15) is 9.40 Å². The van der Waals surface area contributed by atoms with Crippen LogP contribution in [-0.2, 0) is 10.0 Å². The van der Waals surface area contributed by atoms with Gasteiger partial charge in [-0.3, -0.25) is 4.79 Å². The molecule has 1 heterocycles. The fourth-order valence-corrected chi connectivity index (χ4v) is 4.52. The molecule has 1 N–H and O–H groups in total. The monoisotopic (exact) mass is 398 g/mol. The number of anilines is 1. The number of rotatable bonds is 7. The quantitative estimate of drug-likeness (QED) is 0.774. The first-order chi connectivity index (χ1) is 12.2. The molecule has 0 atom stereocenters. The van der Waals surface area contributed by atoms with Crippen molar-refractivity contribution in [1.29, 1.82) is 0 Å². The van der Waals surface area contributed by atoms with E-state index in [-0.39, 0.29) is 21.5 Å². The number of hydrogen-bond donors (Lipinski definition) is 1. The number of nitrogens with one attached hydrogen (secondary N) is 1. The maximum atomic E-state index is 12.7. The van der Waals surface area contributed by atoms with Crippen LogP contribution in [0.15, 0.2) is 35.4 Å². The molecule has 26 heavy (non-hydrogen) atoms. The van der Waals surface area contributed by atoms with Crippen LogP contribution in [0.5, 0.6) is 0 Å². The second-order valence-corrected chi connectivity index (χ2v) is 8.26. The van der Waals surface area contributed by atoms with Gasteiger partial charge in [0.25, 0.3) is 5.91 Å². The Bertz CT molecular complexity index is 889. The van der Waals surface area contributed by atoms with Gasteiger partial charge in [0.2, 0.25) is 10.0 Å². The topological polar surface area (TPSA) is 84.3 Å². The van der Waals surface area contributed by atoms with Crippen molar-refractivity contribution in [3.05, 3.63) is 41.0 Å². The van der Waals surface area contributed by atoms with E-state index in [0.29, 0.717) is 18.9 Å². The van der Waals surface area contributed by atoms with Crippen molar-refractivity contribution in [2.24, 2.45) is 0 Å². The summed E-state index contributed by atoms with van der Waals surface area (Å²) in [7, 11) is -3.77. The maximum Gasteiger partial charge on any atom is 0.256 e. The van der Waals surface area contributed by atoms with Gasteiger partial charge >= 0.3 is 0 Å². The summed E-state index contributed by atoms with van der Waals surface area (Å²) < 4.78 is 28.5. The fourth-order valence-electron chi connectivity index (χ4n) is 2.56. The summed E-state index contributed by atoms with van der Waals surface area (Å²) in [5, 5.41) is 6.99. The van der Waals surface area contributed by atoms with Crippen LogP contribution in [0.1, 0.15) is 44.1 Å². The normalized spacial score (nSPS) is 12.0. The molecule has 0 radical (unpaired) electrons. The highest BCUT2D eigenvalue weighted by Crippen LogP contribution is 2.26. The van der Waals surface area contributed by atoms with Crippen LogP contribution in [0.25, 0.3) is 0 Å². The van der Waals surface area contributed by atoms with Gasteiger partial charge in [-0.25, -0.2) is 13.1 Å². The van der Waals surface area contributed by atoms with Gasteiger partial charge in [-0.05, 0) is 32.0 Å². The third-order valence-electron chi connectivity index (χ3n) is 3.92. The Labute approximate surface area is 159 Å². The summed E-state index contributed by atoms with van der Waals surface area (Å²) in [5.74, 6) is 0.105. The van der Waals surface area contributed by atoms with Crippen LogP contribution in [0, 0.1) is 0 Å². The van der Waals surface area contributed by atoms with Gasteiger partial charge in [0.15, 0.2) is 0 Å². The third kappa shape index (κ3) is 4.08. The molecule has 0 aliphatic heterocycles. The largest absolute Gasteiger partial charge is 0.307 e. The Hall–Kier alpha value is -1.90. The van der Waals surface area contributed by atoms with Crippen molar-refractivity contribution in [3.8, 4) is 0 Å². The van der Waals surface area contributed by atoms with E-state index in [1.54, 1.807) is 30.8 Å². The van der Waals surface area contributed by atoms with E-state index in [2.05, 4.69) is 10.4 Å². The molecule has 0 saturated heterocycles. The molecule has 1 amide bonds. The number of carbonyl (C=O) groups excluding carboxylic acids is 1. The Morgan fingerprint density at radius 2 is 1.92 bits per heavy atom. The first kappa shape index (κ1) is 20.4. The molecule has 0 aliphatic rings. The fraction of sp³-hybridized carbons (Fsp3) is 0.412. The summed E-state index contributed by atoms with van der Waals surface area (Å²) in [6, 6.07) is 5.98. The Balaban J connectivity index is 2.37. The minimum Gasteiger partial charge on any atom is -0.307 e. The van der Waals surface area contributed by atoms with Crippen molar-refractivity contribution < 1.29 is 13.2 Å². The highest BCUT2D eigenvalue weighted by molar-refractivity contribution is 7.89. The molecule has 0 unspecified atom stereocenters. The van der Waals surface area contributed by atoms with Crippen LogP contribution >= 0.6 is 11.6 Å². The van der Waals surface area contributed by atoms with Crippen LogP contribution < -0.4 is 5.32 Å². The average molecular weight is 399 g/mol. The molecule has 0 spiro atoms. The zero-order valence-corrected chi connectivity index (χ0v) is 16.8. The second-order valence-electron chi connectivity index (χ2n) is 5.94. The minimum atomic E-state index is -3.77. The van der Waals surface area contributed by atoms with E-state index >= 15 is 0 Å². The molecular weight excluding hydrogens is 376 g/mol. The smallest absolute Gasteiger partial charge is 0.256 e. The van der Waals surface area contributed by atoms with Crippen molar-refractivity contribution in [2.75, 3.05) is 18.4 Å². The summed E-state index contributed by atoms with van der Waals surface area (Å²) in [5.41, 5.74) is 0.205. The van der Waals surface area contributed by atoms with Crippen LogP contribution in [-0.4, -0.2) is 41.5 Å². The number of hydrogen-bond acceptors (Lipinski definition) is 4. The van der Waals surface area contributed by atoms with Gasteiger partial charge in [-0.1, -0.05) is 25.4 Å².